The Bertz CT molecular complexity index is 718. The number of aromatic nitrogens is 1. The van der Waals surface area contributed by atoms with Gasteiger partial charge in [0.05, 0.1) is 16.3 Å². The van der Waals surface area contributed by atoms with Crippen LogP contribution in [0.15, 0.2) is 23.2 Å². The molecule has 2 aliphatic heterocycles. The van der Waals surface area contributed by atoms with Crippen LogP contribution < -0.4 is 0 Å². The third-order valence-electron chi connectivity index (χ3n) is 5.01. The van der Waals surface area contributed by atoms with Gasteiger partial charge in [0.15, 0.2) is 0 Å². The summed E-state index contributed by atoms with van der Waals surface area (Å²) in [5.74, 6) is 0.733. The molecule has 0 N–H and O–H groups in total. The van der Waals surface area contributed by atoms with Gasteiger partial charge in [-0.2, -0.15) is 0 Å². The molecule has 0 radical (unpaired) electrons. The van der Waals surface area contributed by atoms with Gasteiger partial charge >= 0.3 is 0 Å². The Balaban J connectivity index is 1.66. The summed E-state index contributed by atoms with van der Waals surface area (Å²) in [7, 11) is 2.22. The zero-order chi connectivity index (χ0) is 15.1. The number of benzene rings is 1. The first-order chi connectivity index (χ1) is 10.7. The van der Waals surface area contributed by atoms with E-state index in [9.17, 15) is 0 Å². The third-order valence-corrected chi connectivity index (χ3v) is 6.15. The second-order valence-electron chi connectivity index (χ2n) is 6.80. The standard InChI is InChI=1S/C18H23N3S/c1-12-5-7-14(19-11-12)13-6-8-17-15(10-13)20-18(22-17)16-4-3-9-21(16)2/h6,8,10,12,16H,3-5,7,9,11H2,1-2H3. The van der Waals surface area contributed by atoms with Crippen LogP contribution in [0.25, 0.3) is 10.2 Å². The highest BCUT2D eigenvalue weighted by molar-refractivity contribution is 7.18. The fourth-order valence-corrected chi connectivity index (χ4v) is 4.69. The Morgan fingerprint density at radius 3 is 2.91 bits per heavy atom. The van der Waals surface area contributed by atoms with E-state index in [0.717, 1.165) is 24.4 Å². The van der Waals surface area contributed by atoms with Crippen molar-refractivity contribution in [1.29, 1.82) is 0 Å². The first-order valence-corrected chi connectivity index (χ1v) is 9.17. The summed E-state index contributed by atoms with van der Waals surface area (Å²) in [6.45, 7) is 4.46. The lowest BCUT2D eigenvalue weighted by atomic mass is 9.96. The number of hydrogen-bond donors (Lipinski definition) is 0. The van der Waals surface area contributed by atoms with E-state index in [-0.39, 0.29) is 0 Å². The summed E-state index contributed by atoms with van der Waals surface area (Å²) in [6.07, 6.45) is 4.90. The summed E-state index contributed by atoms with van der Waals surface area (Å²) in [6, 6.07) is 7.24. The molecule has 4 heteroatoms. The van der Waals surface area contributed by atoms with E-state index in [2.05, 4.69) is 37.1 Å². The van der Waals surface area contributed by atoms with Crippen molar-refractivity contribution in [2.75, 3.05) is 20.1 Å². The minimum absolute atomic E-state index is 0.522. The van der Waals surface area contributed by atoms with Gasteiger partial charge in [-0.25, -0.2) is 4.98 Å². The number of rotatable bonds is 2. The highest BCUT2D eigenvalue weighted by Crippen LogP contribution is 2.35. The van der Waals surface area contributed by atoms with Crippen LogP contribution in [0.3, 0.4) is 0 Å². The molecule has 2 unspecified atom stereocenters. The molecule has 4 rings (SSSR count). The molecule has 2 aromatic rings. The van der Waals surface area contributed by atoms with Gasteiger partial charge in [0.2, 0.25) is 0 Å². The van der Waals surface area contributed by atoms with Crippen LogP contribution in [0.1, 0.15) is 49.2 Å². The molecule has 3 heterocycles. The van der Waals surface area contributed by atoms with Crippen LogP contribution >= 0.6 is 11.3 Å². The van der Waals surface area contributed by atoms with E-state index >= 15 is 0 Å². The maximum atomic E-state index is 4.94. The van der Waals surface area contributed by atoms with Crippen molar-refractivity contribution < 1.29 is 0 Å². The molecule has 0 spiro atoms. The molecule has 1 saturated heterocycles. The largest absolute Gasteiger partial charge is 0.297 e. The lowest BCUT2D eigenvalue weighted by Crippen LogP contribution is -2.17. The van der Waals surface area contributed by atoms with Gasteiger partial charge in [-0.05, 0) is 62.9 Å². The zero-order valence-electron chi connectivity index (χ0n) is 13.4. The van der Waals surface area contributed by atoms with E-state index in [1.807, 2.05) is 11.3 Å². The van der Waals surface area contributed by atoms with Crippen LogP contribution in [0, 0.1) is 5.92 Å². The van der Waals surface area contributed by atoms with Crippen molar-refractivity contribution in [3.05, 3.63) is 28.8 Å². The second kappa shape index (κ2) is 5.74. The fourth-order valence-electron chi connectivity index (χ4n) is 3.54. The SMILES string of the molecule is CC1CCC(c2ccc3sc(C4CCCN4C)nc3c2)=NC1. The number of hydrogen-bond acceptors (Lipinski definition) is 4. The molecule has 1 fully saturated rings. The van der Waals surface area contributed by atoms with E-state index in [1.165, 1.54) is 46.8 Å². The van der Waals surface area contributed by atoms with Crippen molar-refractivity contribution in [2.24, 2.45) is 10.9 Å². The Morgan fingerprint density at radius 2 is 2.18 bits per heavy atom. The molecule has 1 aromatic carbocycles. The Kier molecular flexibility index (Phi) is 3.74. The van der Waals surface area contributed by atoms with Gasteiger partial charge in [-0.3, -0.25) is 9.89 Å². The molecule has 3 nitrogen and oxygen atoms in total. The maximum absolute atomic E-state index is 4.94. The first kappa shape index (κ1) is 14.3. The van der Waals surface area contributed by atoms with Gasteiger partial charge in [-0.1, -0.05) is 13.0 Å². The van der Waals surface area contributed by atoms with Crippen LogP contribution in [0.2, 0.25) is 0 Å². The van der Waals surface area contributed by atoms with E-state index in [1.54, 1.807) is 0 Å². The highest BCUT2D eigenvalue weighted by atomic mass is 32.1. The molecular weight excluding hydrogens is 290 g/mol. The van der Waals surface area contributed by atoms with Crippen LogP contribution in [-0.4, -0.2) is 35.7 Å². The summed E-state index contributed by atoms with van der Waals surface area (Å²) < 4.78 is 1.31. The molecule has 2 aliphatic rings. The highest BCUT2D eigenvalue weighted by Gasteiger charge is 2.25. The predicted molar refractivity (Wildman–Crippen MR) is 94.0 cm³/mol. The molecule has 2 atom stereocenters. The zero-order valence-corrected chi connectivity index (χ0v) is 14.2. The smallest absolute Gasteiger partial charge is 0.111 e. The third kappa shape index (κ3) is 2.59. The predicted octanol–water partition coefficient (Wildman–Crippen LogP) is 4.28. The monoisotopic (exact) mass is 313 g/mol. The van der Waals surface area contributed by atoms with Gasteiger partial charge in [0.1, 0.15) is 5.01 Å². The van der Waals surface area contributed by atoms with Gasteiger partial charge in [-0.15, -0.1) is 11.3 Å². The number of likely N-dealkylation sites (tertiary alicyclic amines) is 1. The van der Waals surface area contributed by atoms with Crippen molar-refractivity contribution in [3.8, 4) is 0 Å². The van der Waals surface area contributed by atoms with E-state index in [4.69, 9.17) is 9.98 Å². The summed E-state index contributed by atoms with van der Waals surface area (Å²) >= 11 is 1.86. The first-order valence-electron chi connectivity index (χ1n) is 8.35. The minimum Gasteiger partial charge on any atom is -0.297 e. The maximum Gasteiger partial charge on any atom is 0.111 e. The molecule has 1 aromatic heterocycles. The molecule has 22 heavy (non-hydrogen) atoms. The Morgan fingerprint density at radius 1 is 1.27 bits per heavy atom. The number of fused-ring (bicyclic) bond motifs is 1. The van der Waals surface area contributed by atoms with Crippen LogP contribution in [-0.2, 0) is 0 Å². The molecule has 0 saturated carbocycles. The lowest BCUT2D eigenvalue weighted by molar-refractivity contribution is 0.317. The molecular formula is C18H23N3S. The molecule has 0 aliphatic carbocycles. The number of thiazole rings is 1. The van der Waals surface area contributed by atoms with Crippen LogP contribution in [0.5, 0.6) is 0 Å². The van der Waals surface area contributed by atoms with Gasteiger partial charge in [0, 0.05) is 12.3 Å². The molecule has 0 bridgehead atoms. The molecule has 0 amide bonds. The average Bonchev–Trinajstić information content (AvgIpc) is 3.12. The fraction of sp³-hybridized carbons (Fsp3) is 0.556. The van der Waals surface area contributed by atoms with Gasteiger partial charge < -0.3 is 0 Å². The van der Waals surface area contributed by atoms with Crippen LogP contribution in [0.4, 0.5) is 0 Å². The average molecular weight is 313 g/mol. The van der Waals surface area contributed by atoms with Gasteiger partial charge in [0.25, 0.3) is 0 Å². The summed E-state index contributed by atoms with van der Waals surface area (Å²) in [4.78, 5) is 12.1. The number of nitrogens with zero attached hydrogens (tertiary/aromatic N) is 3. The lowest BCUT2D eigenvalue weighted by Gasteiger charge is -2.17. The second-order valence-corrected chi connectivity index (χ2v) is 7.87. The van der Waals surface area contributed by atoms with Crippen molar-refractivity contribution in [1.82, 2.24) is 9.88 Å². The Hall–Kier alpha value is -1.26. The Labute approximate surface area is 136 Å². The quantitative estimate of drug-likeness (QED) is 0.828. The van der Waals surface area contributed by atoms with E-state index < -0.39 is 0 Å². The van der Waals surface area contributed by atoms with Crippen molar-refractivity contribution >= 4 is 27.3 Å². The summed E-state index contributed by atoms with van der Waals surface area (Å²) in [5, 5.41) is 1.28. The summed E-state index contributed by atoms with van der Waals surface area (Å²) in [5.41, 5.74) is 3.70. The van der Waals surface area contributed by atoms with E-state index in [0.29, 0.717) is 6.04 Å². The van der Waals surface area contributed by atoms with Crippen molar-refractivity contribution in [2.45, 2.75) is 38.6 Å². The topological polar surface area (TPSA) is 28.5 Å². The normalized spacial score (nSPS) is 26.5. The minimum atomic E-state index is 0.522. The number of aliphatic imine (C=N–C) groups is 1. The van der Waals surface area contributed by atoms with Crippen molar-refractivity contribution in [3.63, 3.8) is 0 Å². The molecule has 116 valence electrons.